The number of anilines is 3. The van der Waals surface area contributed by atoms with Crippen LogP contribution in [0.5, 0.6) is 0 Å². The van der Waals surface area contributed by atoms with Crippen LogP contribution in [-0.4, -0.2) is 4.98 Å². The highest BCUT2D eigenvalue weighted by Crippen LogP contribution is 2.32. The molecular weight excluding hydrogens is 350 g/mol. The van der Waals surface area contributed by atoms with E-state index < -0.39 is 0 Å². The van der Waals surface area contributed by atoms with Crippen molar-refractivity contribution >= 4 is 40.3 Å². The molecule has 0 radical (unpaired) electrons. The summed E-state index contributed by atoms with van der Waals surface area (Å²) in [5, 5.41) is 6.44. The Morgan fingerprint density at radius 1 is 0.920 bits per heavy atom. The zero-order valence-electron chi connectivity index (χ0n) is 13.5. The summed E-state index contributed by atoms with van der Waals surface area (Å²) in [5.41, 5.74) is 4.29. The summed E-state index contributed by atoms with van der Waals surface area (Å²) in [7, 11) is 0. The fourth-order valence-electron chi connectivity index (χ4n) is 2.63. The Labute approximate surface area is 157 Å². The van der Waals surface area contributed by atoms with Gasteiger partial charge in [-0.05, 0) is 18.6 Å². The maximum atomic E-state index is 4.71. The monoisotopic (exact) mass is 367 g/mol. The SMILES string of the molecule is C1=CN(c2ccccc2Nc2nc(-c3ccccc3)cs2)C=CC1.Cl. The van der Waals surface area contributed by atoms with Gasteiger partial charge in [0.2, 0.25) is 0 Å². The van der Waals surface area contributed by atoms with Crippen LogP contribution in [0.4, 0.5) is 16.5 Å². The summed E-state index contributed by atoms with van der Waals surface area (Å²) in [6.45, 7) is 0. The number of aromatic nitrogens is 1. The van der Waals surface area contributed by atoms with Crippen molar-refractivity contribution in [2.75, 3.05) is 10.2 Å². The van der Waals surface area contributed by atoms with Gasteiger partial charge in [-0.25, -0.2) is 4.98 Å². The maximum absolute atomic E-state index is 4.71. The first-order valence-corrected chi connectivity index (χ1v) is 8.77. The summed E-state index contributed by atoms with van der Waals surface area (Å²) in [5.74, 6) is 0. The standard InChI is InChI=1S/C20H17N3S.ClH/c1-3-9-16(10-4-1)18-15-24-20(22-18)21-17-11-5-6-12-19(17)23-13-7-2-8-14-23;/h1,3-15H,2H2,(H,21,22);1H. The lowest BCUT2D eigenvalue weighted by Crippen LogP contribution is -2.10. The first kappa shape index (κ1) is 17.3. The molecule has 3 aromatic rings. The van der Waals surface area contributed by atoms with Crippen molar-refractivity contribution < 1.29 is 0 Å². The highest BCUT2D eigenvalue weighted by molar-refractivity contribution is 7.14. The summed E-state index contributed by atoms with van der Waals surface area (Å²) in [4.78, 5) is 6.84. The molecule has 0 unspecified atom stereocenters. The minimum absolute atomic E-state index is 0. The van der Waals surface area contributed by atoms with Crippen LogP contribution in [0.25, 0.3) is 11.3 Å². The van der Waals surface area contributed by atoms with E-state index in [2.05, 4.69) is 64.4 Å². The van der Waals surface area contributed by atoms with Crippen molar-refractivity contribution in [3.05, 3.63) is 84.5 Å². The quantitative estimate of drug-likeness (QED) is 0.593. The number of rotatable bonds is 4. The molecule has 0 fully saturated rings. The van der Waals surface area contributed by atoms with Crippen LogP contribution < -0.4 is 10.2 Å². The van der Waals surface area contributed by atoms with E-state index in [1.165, 1.54) is 0 Å². The predicted octanol–water partition coefficient (Wildman–Crippen LogP) is 6.21. The summed E-state index contributed by atoms with van der Waals surface area (Å²) in [6, 6.07) is 18.5. The van der Waals surface area contributed by atoms with Crippen LogP contribution in [0.2, 0.25) is 0 Å². The molecule has 0 saturated heterocycles. The van der Waals surface area contributed by atoms with Gasteiger partial charge in [0.1, 0.15) is 0 Å². The number of allylic oxidation sites excluding steroid dienone is 2. The van der Waals surface area contributed by atoms with E-state index in [9.17, 15) is 0 Å². The molecule has 1 aliphatic heterocycles. The minimum atomic E-state index is 0. The number of para-hydroxylation sites is 2. The predicted molar refractivity (Wildman–Crippen MR) is 110 cm³/mol. The average Bonchev–Trinajstić information content (AvgIpc) is 3.12. The molecule has 1 aliphatic rings. The lowest BCUT2D eigenvalue weighted by molar-refractivity contribution is 1.18. The molecule has 0 amide bonds. The van der Waals surface area contributed by atoms with Crippen molar-refractivity contribution in [2.45, 2.75) is 6.42 Å². The molecule has 1 aromatic heterocycles. The molecule has 0 atom stereocenters. The van der Waals surface area contributed by atoms with Gasteiger partial charge in [-0.3, -0.25) is 0 Å². The van der Waals surface area contributed by atoms with Crippen LogP contribution in [0.3, 0.4) is 0 Å². The molecule has 0 bridgehead atoms. The third-order valence-electron chi connectivity index (χ3n) is 3.80. The molecule has 2 aromatic carbocycles. The van der Waals surface area contributed by atoms with Crippen LogP contribution in [0.15, 0.2) is 84.5 Å². The highest BCUT2D eigenvalue weighted by Gasteiger charge is 2.10. The first-order chi connectivity index (χ1) is 11.9. The Kier molecular flexibility index (Phi) is 5.53. The van der Waals surface area contributed by atoms with Gasteiger partial charge >= 0.3 is 0 Å². The van der Waals surface area contributed by atoms with Gasteiger partial charge in [-0.1, -0.05) is 54.6 Å². The zero-order valence-corrected chi connectivity index (χ0v) is 15.1. The Balaban J connectivity index is 0.00000182. The number of hydrogen-bond acceptors (Lipinski definition) is 4. The molecule has 0 spiro atoms. The van der Waals surface area contributed by atoms with E-state index >= 15 is 0 Å². The van der Waals surface area contributed by atoms with Gasteiger partial charge in [0.15, 0.2) is 5.13 Å². The maximum Gasteiger partial charge on any atom is 0.187 e. The highest BCUT2D eigenvalue weighted by atomic mass is 35.5. The molecule has 3 nitrogen and oxygen atoms in total. The topological polar surface area (TPSA) is 28.2 Å². The largest absolute Gasteiger partial charge is 0.330 e. The van der Waals surface area contributed by atoms with E-state index in [4.69, 9.17) is 4.98 Å². The lowest BCUT2D eigenvalue weighted by Gasteiger charge is -2.21. The second-order valence-electron chi connectivity index (χ2n) is 5.46. The van der Waals surface area contributed by atoms with Crippen LogP contribution in [0, 0.1) is 0 Å². The lowest BCUT2D eigenvalue weighted by atomic mass is 10.2. The fourth-order valence-corrected chi connectivity index (χ4v) is 3.36. The molecule has 25 heavy (non-hydrogen) atoms. The molecule has 0 aliphatic carbocycles. The normalized spacial score (nSPS) is 12.7. The summed E-state index contributed by atoms with van der Waals surface area (Å²) < 4.78 is 0. The van der Waals surface area contributed by atoms with Crippen LogP contribution in [0.1, 0.15) is 6.42 Å². The first-order valence-electron chi connectivity index (χ1n) is 7.89. The molecule has 0 saturated carbocycles. The van der Waals surface area contributed by atoms with Gasteiger partial charge in [-0.15, -0.1) is 23.7 Å². The number of nitrogens with one attached hydrogen (secondary N) is 1. The van der Waals surface area contributed by atoms with E-state index in [1.54, 1.807) is 11.3 Å². The number of halogens is 1. The zero-order chi connectivity index (χ0) is 16.2. The minimum Gasteiger partial charge on any atom is -0.330 e. The second-order valence-corrected chi connectivity index (χ2v) is 6.32. The Morgan fingerprint density at radius 2 is 1.64 bits per heavy atom. The molecule has 126 valence electrons. The van der Waals surface area contributed by atoms with Gasteiger partial charge in [-0.2, -0.15) is 0 Å². The van der Waals surface area contributed by atoms with E-state index in [-0.39, 0.29) is 12.4 Å². The number of nitrogens with zero attached hydrogens (tertiary/aromatic N) is 2. The molecule has 4 rings (SSSR count). The summed E-state index contributed by atoms with van der Waals surface area (Å²) >= 11 is 1.62. The Morgan fingerprint density at radius 3 is 2.44 bits per heavy atom. The van der Waals surface area contributed by atoms with Crippen molar-refractivity contribution in [1.82, 2.24) is 4.98 Å². The van der Waals surface area contributed by atoms with E-state index in [0.717, 1.165) is 34.2 Å². The number of thiazole rings is 1. The second kappa shape index (κ2) is 8.01. The van der Waals surface area contributed by atoms with Crippen molar-refractivity contribution in [1.29, 1.82) is 0 Å². The van der Waals surface area contributed by atoms with Crippen LogP contribution in [-0.2, 0) is 0 Å². The van der Waals surface area contributed by atoms with Crippen molar-refractivity contribution in [2.24, 2.45) is 0 Å². The third kappa shape index (κ3) is 3.92. The summed E-state index contributed by atoms with van der Waals surface area (Å²) in [6.07, 6.45) is 9.47. The van der Waals surface area contributed by atoms with Crippen molar-refractivity contribution in [3.8, 4) is 11.3 Å². The van der Waals surface area contributed by atoms with Gasteiger partial charge in [0.05, 0.1) is 17.1 Å². The molecule has 1 N–H and O–H groups in total. The smallest absolute Gasteiger partial charge is 0.187 e. The van der Waals surface area contributed by atoms with Gasteiger partial charge in [0, 0.05) is 23.3 Å². The average molecular weight is 368 g/mol. The Bertz CT molecular complexity index is 875. The van der Waals surface area contributed by atoms with Crippen LogP contribution >= 0.6 is 23.7 Å². The van der Waals surface area contributed by atoms with Crippen molar-refractivity contribution in [3.63, 3.8) is 0 Å². The molecule has 2 heterocycles. The number of benzene rings is 2. The van der Waals surface area contributed by atoms with Gasteiger partial charge in [0.25, 0.3) is 0 Å². The number of hydrogen-bond donors (Lipinski definition) is 1. The molecule has 5 heteroatoms. The Hall–Kier alpha value is -2.56. The van der Waals surface area contributed by atoms with E-state index in [0.29, 0.717) is 0 Å². The fraction of sp³-hybridized carbons (Fsp3) is 0.0500. The third-order valence-corrected chi connectivity index (χ3v) is 4.56. The molecular formula is C20H18ClN3S. The van der Waals surface area contributed by atoms with Gasteiger partial charge < -0.3 is 10.2 Å². The van der Waals surface area contributed by atoms with E-state index in [1.807, 2.05) is 30.3 Å².